The van der Waals surface area contributed by atoms with Gasteiger partial charge in [-0.1, -0.05) is 40.9 Å². The topological polar surface area (TPSA) is 50.7 Å². The molecule has 0 aliphatic rings. The number of nitrogens with one attached hydrogen (secondary N) is 1. The van der Waals surface area contributed by atoms with Crippen molar-refractivity contribution in [1.82, 2.24) is 5.32 Å². The van der Waals surface area contributed by atoms with Gasteiger partial charge in [0.25, 0.3) is 0 Å². The zero-order chi connectivity index (χ0) is 18.4. The number of hydrogen-bond acceptors (Lipinski definition) is 4. The predicted octanol–water partition coefficient (Wildman–Crippen LogP) is 4.70. The number of methoxy groups -OCH3 is 1. The van der Waals surface area contributed by atoms with Gasteiger partial charge in [-0.05, 0) is 42.3 Å². The second kappa shape index (κ2) is 9.51. The minimum Gasteiger partial charge on any atom is -0.493 e. The van der Waals surface area contributed by atoms with Gasteiger partial charge in [0.1, 0.15) is 6.61 Å². The number of rotatable bonds is 8. The molecule has 0 spiro atoms. The average molecular weight is 405 g/mol. The van der Waals surface area contributed by atoms with Crippen LogP contribution in [0.3, 0.4) is 0 Å². The van der Waals surface area contributed by atoms with Crippen LogP contribution in [0.15, 0.2) is 30.3 Å². The van der Waals surface area contributed by atoms with Crippen LogP contribution < -0.4 is 14.8 Å². The maximum absolute atomic E-state index is 9.29. The van der Waals surface area contributed by atoms with E-state index in [9.17, 15) is 5.11 Å². The zero-order valence-electron chi connectivity index (χ0n) is 14.0. The molecule has 2 rings (SSSR count). The van der Waals surface area contributed by atoms with Crippen LogP contribution in [0.25, 0.3) is 0 Å². The minimum absolute atomic E-state index is 0.284. The van der Waals surface area contributed by atoms with Crippen molar-refractivity contribution in [1.29, 1.82) is 0 Å². The molecule has 0 bridgehead atoms. The highest BCUT2D eigenvalue weighted by Crippen LogP contribution is 2.37. The zero-order valence-corrected chi connectivity index (χ0v) is 16.3. The molecule has 0 saturated carbocycles. The predicted molar refractivity (Wildman–Crippen MR) is 102 cm³/mol. The summed E-state index contributed by atoms with van der Waals surface area (Å²) in [5.74, 6) is 1.01. The lowest BCUT2D eigenvalue weighted by Crippen LogP contribution is -2.23. The molecule has 0 aromatic heterocycles. The molecule has 1 atom stereocenters. The number of halogens is 3. The fraction of sp³-hybridized carbons (Fsp3) is 0.333. The Morgan fingerprint density at radius 1 is 1.04 bits per heavy atom. The van der Waals surface area contributed by atoms with E-state index < -0.39 is 6.10 Å². The van der Waals surface area contributed by atoms with Crippen LogP contribution in [-0.2, 0) is 13.2 Å². The maximum Gasteiger partial charge on any atom is 0.180 e. The van der Waals surface area contributed by atoms with Crippen LogP contribution in [0, 0.1) is 0 Å². The standard InChI is InChI=1S/C18H20Cl3NO3/c1-11(23)8-22-9-13-6-16(21)18(17(7-13)24-2)25-10-12-3-4-14(19)15(20)5-12/h3-7,11,22-23H,8-10H2,1-2H3. The molecule has 7 heteroatoms. The number of aliphatic hydroxyl groups is 1. The highest BCUT2D eigenvalue weighted by atomic mass is 35.5. The summed E-state index contributed by atoms with van der Waals surface area (Å²) in [7, 11) is 1.56. The molecule has 0 fully saturated rings. The third kappa shape index (κ3) is 5.94. The fourth-order valence-corrected chi connectivity index (χ4v) is 2.83. The van der Waals surface area contributed by atoms with E-state index >= 15 is 0 Å². The third-order valence-electron chi connectivity index (χ3n) is 3.43. The molecule has 0 aliphatic carbocycles. The van der Waals surface area contributed by atoms with Crippen LogP contribution in [0.2, 0.25) is 15.1 Å². The molecule has 4 nitrogen and oxygen atoms in total. The van der Waals surface area contributed by atoms with Gasteiger partial charge in [0, 0.05) is 13.1 Å². The van der Waals surface area contributed by atoms with Crippen LogP contribution in [0.4, 0.5) is 0 Å². The Balaban J connectivity index is 2.10. The number of hydrogen-bond donors (Lipinski definition) is 2. The Bertz CT molecular complexity index is 723. The fourth-order valence-electron chi connectivity index (χ4n) is 2.23. The normalized spacial score (nSPS) is 12.1. The van der Waals surface area contributed by atoms with Crippen molar-refractivity contribution in [3.63, 3.8) is 0 Å². The van der Waals surface area contributed by atoms with Crippen molar-refractivity contribution in [2.45, 2.75) is 26.2 Å². The van der Waals surface area contributed by atoms with Gasteiger partial charge in [0.2, 0.25) is 0 Å². The molecule has 136 valence electrons. The second-order valence-electron chi connectivity index (χ2n) is 5.63. The summed E-state index contributed by atoms with van der Waals surface area (Å²) in [4.78, 5) is 0. The average Bonchev–Trinajstić information content (AvgIpc) is 2.56. The summed E-state index contributed by atoms with van der Waals surface area (Å²) in [6.07, 6.45) is -0.411. The Morgan fingerprint density at radius 3 is 2.40 bits per heavy atom. The monoisotopic (exact) mass is 403 g/mol. The Hall–Kier alpha value is -1.17. The van der Waals surface area contributed by atoms with Crippen molar-refractivity contribution in [2.24, 2.45) is 0 Å². The highest BCUT2D eigenvalue weighted by Gasteiger charge is 2.13. The molecule has 2 aromatic rings. The summed E-state index contributed by atoms with van der Waals surface area (Å²) in [5.41, 5.74) is 1.81. The van der Waals surface area contributed by atoms with E-state index in [0.717, 1.165) is 11.1 Å². The molecule has 0 radical (unpaired) electrons. The first kappa shape index (κ1) is 20.1. The van der Waals surface area contributed by atoms with Gasteiger partial charge in [0.15, 0.2) is 11.5 Å². The summed E-state index contributed by atoms with van der Waals surface area (Å²) in [6, 6.07) is 8.97. The summed E-state index contributed by atoms with van der Waals surface area (Å²) in [5, 5.41) is 13.9. The summed E-state index contributed by atoms with van der Waals surface area (Å²) in [6.45, 7) is 3.07. The van der Waals surface area contributed by atoms with E-state index in [1.165, 1.54) is 0 Å². The molecule has 2 N–H and O–H groups in total. The maximum atomic E-state index is 9.29. The van der Waals surface area contributed by atoms with Crippen LogP contribution in [0.1, 0.15) is 18.1 Å². The third-order valence-corrected chi connectivity index (χ3v) is 4.45. The molecule has 1 unspecified atom stereocenters. The Morgan fingerprint density at radius 2 is 1.76 bits per heavy atom. The lowest BCUT2D eigenvalue weighted by Gasteiger charge is -2.15. The van der Waals surface area contributed by atoms with Crippen molar-refractivity contribution < 1.29 is 14.6 Å². The minimum atomic E-state index is -0.411. The lowest BCUT2D eigenvalue weighted by atomic mass is 10.2. The number of benzene rings is 2. The van der Waals surface area contributed by atoms with Crippen LogP contribution >= 0.6 is 34.8 Å². The van der Waals surface area contributed by atoms with E-state index in [4.69, 9.17) is 44.3 Å². The van der Waals surface area contributed by atoms with E-state index in [0.29, 0.717) is 39.7 Å². The molecule has 25 heavy (non-hydrogen) atoms. The molecular weight excluding hydrogens is 385 g/mol. The molecule has 0 aliphatic heterocycles. The smallest absolute Gasteiger partial charge is 0.180 e. The van der Waals surface area contributed by atoms with Crippen LogP contribution in [0.5, 0.6) is 11.5 Å². The van der Waals surface area contributed by atoms with E-state index in [1.807, 2.05) is 18.2 Å². The first-order valence-electron chi connectivity index (χ1n) is 7.72. The molecule has 0 saturated heterocycles. The van der Waals surface area contributed by atoms with Gasteiger partial charge >= 0.3 is 0 Å². The molecule has 2 aromatic carbocycles. The van der Waals surface area contributed by atoms with E-state index in [-0.39, 0.29) is 6.61 Å². The molecule has 0 amide bonds. The van der Waals surface area contributed by atoms with Crippen molar-refractivity contribution in [2.75, 3.05) is 13.7 Å². The molecular formula is C18H20Cl3NO3. The summed E-state index contributed by atoms with van der Waals surface area (Å²) < 4.78 is 11.2. The second-order valence-corrected chi connectivity index (χ2v) is 6.85. The van der Waals surface area contributed by atoms with Gasteiger partial charge in [-0.15, -0.1) is 0 Å². The lowest BCUT2D eigenvalue weighted by molar-refractivity contribution is 0.191. The van der Waals surface area contributed by atoms with Crippen molar-refractivity contribution in [3.8, 4) is 11.5 Å². The van der Waals surface area contributed by atoms with Gasteiger partial charge < -0.3 is 19.9 Å². The Kier molecular flexibility index (Phi) is 7.66. The van der Waals surface area contributed by atoms with Gasteiger partial charge in [-0.25, -0.2) is 0 Å². The van der Waals surface area contributed by atoms with E-state index in [1.54, 1.807) is 26.2 Å². The number of aliphatic hydroxyl groups excluding tert-OH is 1. The number of ether oxygens (including phenoxy) is 2. The van der Waals surface area contributed by atoms with Crippen molar-refractivity contribution >= 4 is 34.8 Å². The SMILES string of the molecule is COc1cc(CNCC(C)O)cc(Cl)c1OCc1ccc(Cl)c(Cl)c1. The van der Waals surface area contributed by atoms with Crippen molar-refractivity contribution in [3.05, 3.63) is 56.5 Å². The van der Waals surface area contributed by atoms with Gasteiger partial charge in [0.05, 0.1) is 28.3 Å². The molecule has 0 heterocycles. The quantitative estimate of drug-likeness (QED) is 0.669. The van der Waals surface area contributed by atoms with E-state index in [2.05, 4.69) is 5.32 Å². The van der Waals surface area contributed by atoms with Gasteiger partial charge in [-0.2, -0.15) is 0 Å². The summed E-state index contributed by atoms with van der Waals surface area (Å²) >= 11 is 18.3. The first-order chi connectivity index (χ1) is 11.9. The van der Waals surface area contributed by atoms with Crippen LogP contribution in [-0.4, -0.2) is 24.9 Å². The van der Waals surface area contributed by atoms with Gasteiger partial charge in [-0.3, -0.25) is 0 Å². The largest absolute Gasteiger partial charge is 0.493 e. The highest BCUT2D eigenvalue weighted by molar-refractivity contribution is 6.42. The first-order valence-corrected chi connectivity index (χ1v) is 8.86. The Labute approximate surface area is 162 Å².